The van der Waals surface area contributed by atoms with Gasteiger partial charge in [0.05, 0.1) is 10.6 Å². The molecule has 1 N–H and O–H groups in total. The minimum absolute atomic E-state index is 0.543. The van der Waals surface area contributed by atoms with Crippen molar-refractivity contribution in [2.24, 2.45) is 0 Å². The number of aliphatic hydroxyl groups is 1. The molecular formula is C10H16N2OS. The van der Waals surface area contributed by atoms with Gasteiger partial charge in [-0.2, -0.15) is 0 Å². The van der Waals surface area contributed by atoms with Gasteiger partial charge in [-0.25, -0.2) is 4.98 Å². The van der Waals surface area contributed by atoms with Gasteiger partial charge >= 0.3 is 0 Å². The van der Waals surface area contributed by atoms with E-state index >= 15 is 0 Å². The second kappa shape index (κ2) is 3.61. The summed E-state index contributed by atoms with van der Waals surface area (Å²) in [6.45, 7) is 3.75. The minimum Gasteiger partial charge on any atom is -0.388 e. The van der Waals surface area contributed by atoms with E-state index in [9.17, 15) is 5.11 Å². The summed E-state index contributed by atoms with van der Waals surface area (Å²) >= 11 is 1.65. The van der Waals surface area contributed by atoms with Gasteiger partial charge < -0.3 is 10.0 Å². The Morgan fingerprint density at radius 1 is 1.71 bits per heavy atom. The van der Waals surface area contributed by atoms with Crippen LogP contribution in [0.3, 0.4) is 0 Å². The fraction of sp³-hybridized carbons (Fsp3) is 0.700. The van der Waals surface area contributed by atoms with Crippen LogP contribution < -0.4 is 0 Å². The summed E-state index contributed by atoms with van der Waals surface area (Å²) in [4.78, 5) is 6.55. The lowest BCUT2D eigenvalue weighted by Crippen LogP contribution is -2.34. The fourth-order valence-electron chi connectivity index (χ4n) is 1.97. The van der Waals surface area contributed by atoms with Gasteiger partial charge in [0.2, 0.25) is 0 Å². The van der Waals surface area contributed by atoms with Crippen LogP contribution in [0.25, 0.3) is 0 Å². The van der Waals surface area contributed by atoms with Crippen molar-refractivity contribution in [3.63, 3.8) is 0 Å². The quantitative estimate of drug-likeness (QED) is 0.796. The Balaban J connectivity index is 2.03. The molecule has 4 heteroatoms. The molecule has 0 radical (unpaired) electrons. The summed E-state index contributed by atoms with van der Waals surface area (Å²) in [5, 5.41) is 13.3. The lowest BCUT2D eigenvalue weighted by atomic mass is 10.00. The standard InChI is InChI=1S/C10H16N2OS/c1-8-6-14-9(11-8)5-10(13)3-4-12(2)7-10/h6,13H,3-5,7H2,1-2H3. The van der Waals surface area contributed by atoms with E-state index < -0.39 is 5.60 Å². The smallest absolute Gasteiger partial charge is 0.0957 e. The highest BCUT2D eigenvalue weighted by molar-refractivity contribution is 7.09. The van der Waals surface area contributed by atoms with Crippen molar-refractivity contribution in [1.82, 2.24) is 9.88 Å². The van der Waals surface area contributed by atoms with Gasteiger partial charge in [0.15, 0.2) is 0 Å². The number of rotatable bonds is 2. The summed E-state index contributed by atoms with van der Waals surface area (Å²) in [5.74, 6) is 0. The molecule has 1 unspecified atom stereocenters. The number of hydrogen-bond donors (Lipinski definition) is 1. The lowest BCUT2D eigenvalue weighted by molar-refractivity contribution is 0.0523. The minimum atomic E-state index is -0.543. The summed E-state index contributed by atoms with van der Waals surface area (Å²) in [5.41, 5.74) is 0.513. The molecule has 0 bridgehead atoms. The van der Waals surface area contributed by atoms with E-state index in [1.807, 2.05) is 19.4 Å². The molecule has 1 aromatic rings. The Labute approximate surface area is 88.4 Å². The molecule has 0 saturated carbocycles. The van der Waals surface area contributed by atoms with Crippen molar-refractivity contribution in [3.05, 3.63) is 16.1 Å². The van der Waals surface area contributed by atoms with Gasteiger partial charge in [0.25, 0.3) is 0 Å². The largest absolute Gasteiger partial charge is 0.388 e. The molecule has 0 amide bonds. The van der Waals surface area contributed by atoms with E-state index in [0.717, 1.165) is 30.2 Å². The molecule has 1 aromatic heterocycles. The van der Waals surface area contributed by atoms with Crippen LogP contribution in [-0.2, 0) is 6.42 Å². The van der Waals surface area contributed by atoms with Crippen LogP contribution in [0.4, 0.5) is 0 Å². The van der Waals surface area contributed by atoms with Gasteiger partial charge in [-0.05, 0) is 20.4 Å². The number of nitrogens with zero attached hydrogens (tertiary/aromatic N) is 2. The molecule has 78 valence electrons. The highest BCUT2D eigenvalue weighted by Crippen LogP contribution is 2.25. The molecule has 1 fully saturated rings. The molecule has 1 aliphatic rings. The number of hydrogen-bond acceptors (Lipinski definition) is 4. The molecule has 0 aromatic carbocycles. The maximum atomic E-state index is 10.2. The van der Waals surface area contributed by atoms with E-state index in [1.165, 1.54) is 0 Å². The average molecular weight is 212 g/mol. The molecular weight excluding hydrogens is 196 g/mol. The van der Waals surface area contributed by atoms with Crippen molar-refractivity contribution >= 4 is 11.3 Å². The van der Waals surface area contributed by atoms with Crippen molar-refractivity contribution in [1.29, 1.82) is 0 Å². The molecule has 0 spiro atoms. The van der Waals surface area contributed by atoms with Crippen LogP contribution in [0.1, 0.15) is 17.1 Å². The first kappa shape index (κ1) is 10.1. The first-order valence-corrected chi connectivity index (χ1v) is 5.77. The van der Waals surface area contributed by atoms with Crippen LogP contribution in [0.15, 0.2) is 5.38 Å². The first-order chi connectivity index (χ1) is 6.57. The third-order valence-corrected chi connectivity index (χ3v) is 3.64. The van der Waals surface area contributed by atoms with E-state index in [4.69, 9.17) is 0 Å². The molecule has 2 rings (SSSR count). The van der Waals surface area contributed by atoms with E-state index in [-0.39, 0.29) is 0 Å². The van der Waals surface area contributed by atoms with Crippen molar-refractivity contribution in [2.45, 2.75) is 25.4 Å². The van der Waals surface area contributed by atoms with E-state index in [2.05, 4.69) is 9.88 Å². The van der Waals surface area contributed by atoms with Crippen molar-refractivity contribution < 1.29 is 5.11 Å². The molecule has 0 aliphatic carbocycles. The highest BCUT2D eigenvalue weighted by Gasteiger charge is 2.35. The van der Waals surface area contributed by atoms with Crippen LogP contribution in [-0.4, -0.2) is 40.7 Å². The van der Waals surface area contributed by atoms with Gasteiger partial charge in [-0.1, -0.05) is 0 Å². The Kier molecular flexibility index (Phi) is 2.60. The maximum Gasteiger partial charge on any atom is 0.0957 e. The fourth-order valence-corrected chi connectivity index (χ4v) is 2.88. The second-order valence-corrected chi connectivity index (χ2v) is 5.21. The second-order valence-electron chi connectivity index (χ2n) is 4.27. The lowest BCUT2D eigenvalue weighted by Gasteiger charge is -2.20. The summed E-state index contributed by atoms with van der Waals surface area (Å²) in [7, 11) is 2.05. The zero-order valence-corrected chi connectivity index (χ0v) is 9.47. The maximum absolute atomic E-state index is 10.2. The predicted octanol–water partition coefficient (Wildman–Crippen LogP) is 1.06. The van der Waals surface area contributed by atoms with E-state index in [1.54, 1.807) is 11.3 Å². The average Bonchev–Trinajstić information content (AvgIpc) is 2.60. The summed E-state index contributed by atoms with van der Waals surface area (Å²) in [6.07, 6.45) is 1.57. The van der Waals surface area contributed by atoms with Crippen molar-refractivity contribution in [3.8, 4) is 0 Å². The predicted molar refractivity (Wildman–Crippen MR) is 57.6 cm³/mol. The number of β-amino-alcohol motifs (C(OH)–C–C–N with tert-alkyl or cyclic N) is 1. The molecule has 1 atom stereocenters. The Bertz CT molecular complexity index is 326. The third-order valence-electron chi connectivity index (χ3n) is 2.67. The number of aromatic nitrogens is 1. The number of aryl methyl sites for hydroxylation is 1. The van der Waals surface area contributed by atoms with Crippen molar-refractivity contribution in [2.75, 3.05) is 20.1 Å². The van der Waals surface area contributed by atoms with Crippen LogP contribution in [0.2, 0.25) is 0 Å². The zero-order chi connectivity index (χ0) is 10.2. The van der Waals surface area contributed by atoms with Gasteiger partial charge in [0.1, 0.15) is 0 Å². The first-order valence-electron chi connectivity index (χ1n) is 4.89. The highest BCUT2D eigenvalue weighted by atomic mass is 32.1. The van der Waals surface area contributed by atoms with Gasteiger partial charge in [-0.3, -0.25) is 0 Å². The van der Waals surface area contributed by atoms with Crippen LogP contribution in [0.5, 0.6) is 0 Å². The molecule has 14 heavy (non-hydrogen) atoms. The Morgan fingerprint density at radius 2 is 2.50 bits per heavy atom. The Hall–Kier alpha value is -0.450. The molecule has 3 nitrogen and oxygen atoms in total. The van der Waals surface area contributed by atoms with Crippen LogP contribution >= 0.6 is 11.3 Å². The number of thiazole rings is 1. The van der Waals surface area contributed by atoms with Gasteiger partial charge in [-0.15, -0.1) is 11.3 Å². The third kappa shape index (κ3) is 2.13. The zero-order valence-electron chi connectivity index (χ0n) is 8.66. The van der Waals surface area contributed by atoms with Gasteiger partial charge in [0, 0.05) is 30.6 Å². The Morgan fingerprint density at radius 3 is 3.00 bits per heavy atom. The topological polar surface area (TPSA) is 36.4 Å². The molecule has 2 heterocycles. The van der Waals surface area contributed by atoms with Crippen LogP contribution in [0, 0.1) is 6.92 Å². The monoisotopic (exact) mass is 212 g/mol. The summed E-state index contributed by atoms with van der Waals surface area (Å²) < 4.78 is 0. The molecule has 1 saturated heterocycles. The molecule has 1 aliphatic heterocycles. The number of likely N-dealkylation sites (tertiary alicyclic amines) is 1. The number of likely N-dealkylation sites (N-methyl/N-ethyl adjacent to an activating group) is 1. The SMILES string of the molecule is Cc1csc(CC2(O)CCN(C)C2)n1. The summed E-state index contributed by atoms with van der Waals surface area (Å²) in [6, 6.07) is 0. The van der Waals surface area contributed by atoms with E-state index in [0.29, 0.717) is 6.42 Å². The normalized spacial score (nSPS) is 28.5.